The van der Waals surface area contributed by atoms with E-state index in [9.17, 15) is 10.1 Å². The summed E-state index contributed by atoms with van der Waals surface area (Å²) in [6, 6.07) is 9.30. The highest BCUT2D eigenvalue weighted by atomic mass is 35.5. The van der Waals surface area contributed by atoms with E-state index in [0.29, 0.717) is 27.7 Å². The Morgan fingerprint density at radius 2 is 2.19 bits per heavy atom. The molecule has 1 atom stereocenters. The number of halogens is 1. The number of benzene rings is 1. The molecule has 1 aliphatic carbocycles. The smallest absolute Gasteiger partial charge is 0.260 e. The number of nitriles is 1. The Bertz CT molecular complexity index is 1120. The number of nitrogens with zero attached hydrogens (tertiary/aromatic N) is 2. The zero-order chi connectivity index (χ0) is 18.3. The molecular formula is C20H16ClN3OS. The Kier molecular flexibility index (Phi) is 4.39. The second-order valence-corrected chi connectivity index (χ2v) is 8.19. The van der Waals surface area contributed by atoms with Crippen molar-refractivity contribution in [3.8, 4) is 6.07 Å². The van der Waals surface area contributed by atoms with Gasteiger partial charge in [-0.05, 0) is 54.5 Å². The SMILES string of the molecule is C[C@@H]1CCc2c(sc3nc(/C(C#N)=C\c4ccc(Cl)cc4)[nH]c(=O)c23)C1. The summed E-state index contributed by atoms with van der Waals surface area (Å²) >= 11 is 7.48. The first-order chi connectivity index (χ1) is 12.5. The molecule has 0 amide bonds. The van der Waals surface area contributed by atoms with Crippen LogP contribution < -0.4 is 5.56 Å². The van der Waals surface area contributed by atoms with E-state index in [1.54, 1.807) is 29.5 Å². The van der Waals surface area contributed by atoms with Gasteiger partial charge in [-0.1, -0.05) is 30.7 Å². The first-order valence-electron chi connectivity index (χ1n) is 8.47. The van der Waals surface area contributed by atoms with Crippen LogP contribution >= 0.6 is 22.9 Å². The average molecular weight is 382 g/mol. The van der Waals surface area contributed by atoms with Crippen molar-refractivity contribution in [2.45, 2.75) is 26.2 Å². The summed E-state index contributed by atoms with van der Waals surface area (Å²) in [6.45, 7) is 2.24. The quantitative estimate of drug-likeness (QED) is 0.646. The minimum atomic E-state index is -0.158. The number of fused-ring (bicyclic) bond motifs is 3. The lowest BCUT2D eigenvalue weighted by molar-refractivity contribution is 0.509. The minimum Gasteiger partial charge on any atom is -0.305 e. The summed E-state index contributed by atoms with van der Waals surface area (Å²) in [7, 11) is 0. The molecule has 130 valence electrons. The molecule has 4 nitrogen and oxygen atoms in total. The van der Waals surface area contributed by atoms with Gasteiger partial charge in [0.15, 0.2) is 5.82 Å². The molecule has 0 fully saturated rings. The molecular weight excluding hydrogens is 366 g/mol. The van der Waals surface area contributed by atoms with Gasteiger partial charge in [0.25, 0.3) is 5.56 Å². The molecule has 6 heteroatoms. The van der Waals surface area contributed by atoms with Crippen LogP contribution in [0.1, 0.15) is 35.2 Å². The van der Waals surface area contributed by atoms with E-state index in [4.69, 9.17) is 11.6 Å². The maximum Gasteiger partial charge on any atom is 0.260 e. The lowest BCUT2D eigenvalue weighted by atomic mass is 9.89. The van der Waals surface area contributed by atoms with Crippen molar-refractivity contribution >= 4 is 44.8 Å². The van der Waals surface area contributed by atoms with Crippen LogP contribution in [-0.4, -0.2) is 9.97 Å². The fraction of sp³-hybridized carbons (Fsp3) is 0.250. The van der Waals surface area contributed by atoms with Gasteiger partial charge in [0.05, 0.1) is 11.0 Å². The lowest BCUT2D eigenvalue weighted by Gasteiger charge is -2.17. The molecule has 1 aromatic carbocycles. The Labute approximate surface area is 159 Å². The van der Waals surface area contributed by atoms with Crippen LogP contribution in [0.3, 0.4) is 0 Å². The number of thiophene rings is 1. The highest BCUT2D eigenvalue weighted by Crippen LogP contribution is 2.35. The van der Waals surface area contributed by atoms with E-state index in [2.05, 4.69) is 23.0 Å². The van der Waals surface area contributed by atoms with Gasteiger partial charge in [-0.15, -0.1) is 11.3 Å². The molecule has 0 spiro atoms. The van der Waals surface area contributed by atoms with Gasteiger partial charge in [0, 0.05) is 9.90 Å². The largest absolute Gasteiger partial charge is 0.305 e. The van der Waals surface area contributed by atoms with Crippen molar-refractivity contribution in [2.24, 2.45) is 5.92 Å². The Morgan fingerprint density at radius 1 is 1.42 bits per heavy atom. The Balaban J connectivity index is 1.83. The fourth-order valence-corrected chi connectivity index (χ4v) is 4.87. The predicted molar refractivity (Wildman–Crippen MR) is 106 cm³/mol. The maximum atomic E-state index is 12.7. The zero-order valence-corrected chi connectivity index (χ0v) is 15.7. The fourth-order valence-electron chi connectivity index (χ4n) is 3.36. The molecule has 4 rings (SSSR count). The van der Waals surface area contributed by atoms with E-state index in [-0.39, 0.29) is 5.56 Å². The average Bonchev–Trinajstić information content (AvgIpc) is 2.98. The number of allylic oxidation sites excluding steroid dienone is 1. The van der Waals surface area contributed by atoms with Gasteiger partial charge in [-0.2, -0.15) is 5.26 Å². The molecule has 1 N–H and O–H groups in total. The molecule has 0 saturated carbocycles. The number of H-pyrrole nitrogens is 1. The summed E-state index contributed by atoms with van der Waals surface area (Å²) in [5.41, 5.74) is 2.14. The van der Waals surface area contributed by atoms with Gasteiger partial charge in [0.1, 0.15) is 10.9 Å². The van der Waals surface area contributed by atoms with Gasteiger partial charge >= 0.3 is 0 Å². The molecule has 0 unspecified atom stereocenters. The summed E-state index contributed by atoms with van der Waals surface area (Å²) in [5, 5.41) is 10.9. The molecule has 0 aliphatic heterocycles. The molecule has 3 aromatic rings. The van der Waals surface area contributed by atoms with E-state index >= 15 is 0 Å². The van der Waals surface area contributed by atoms with Crippen LogP contribution in [0.2, 0.25) is 5.02 Å². The number of hydrogen-bond donors (Lipinski definition) is 1. The first-order valence-corrected chi connectivity index (χ1v) is 9.67. The second-order valence-electron chi connectivity index (χ2n) is 6.67. The molecule has 0 radical (unpaired) electrons. The van der Waals surface area contributed by atoms with Crippen LogP contribution in [0.15, 0.2) is 29.1 Å². The van der Waals surface area contributed by atoms with Crippen LogP contribution in [-0.2, 0) is 12.8 Å². The molecule has 2 heterocycles. The van der Waals surface area contributed by atoms with Crippen molar-refractivity contribution in [1.82, 2.24) is 9.97 Å². The third kappa shape index (κ3) is 3.07. The summed E-state index contributed by atoms with van der Waals surface area (Å²) < 4.78 is 0. The Morgan fingerprint density at radius 3 is 2.92 bits per heavy atom. The first kappa shape index (κ1) is 17.0. The van der Waals surface area contributed by atoms with Crippen LogP contribution in [0.4, 0.5) is 0 Å². The standard InChI is InChI=1S/C20H16ClN3OS/c1-11-2-7-15-16(8-11)26-20-17(15)19(25)23-18(24-20)13(10-22)9-12-3-5-14(21)6-4-12/h3-6,9,11H,2,7-8H2,1H3,(H,23,24,25)/b13-9-/t11-/m1/s1. The monoisotopic (exact) mass is 381 g/mol. The van der Waals surface area contributed by atoms with Gasteiger partial charge in [-0.3, -0.25) is 4.79 Å². The third-order valence-electron chi connectivity index (χ3n) is 4.72. The van der Waals surface area contributed by atoms with Gasteiger partial charge in [0.2, 0.25) is 0 Å². The van der Waals surface area contributed by atoms with E-state index in [1.807, 2.05) is 12.1 Å². The topological polar surface area (TPSA) is 69.5 Å². The second kappa shape index (κ2) is 6.71. The number of aryl methyl sites for hydroxylation is 1. The highest BCUT2D eigenvalue weighted by Gasteiger charge is 2.23. The Hall–Kier alpha value is -2.42. The van der Waals surface area contributed by atoms with Gasteiger partial charge in [-0.25, -0.2) is 4.98 Å². The van der Waals surface area contributed by atoms with Crippen LogP contribution in [0.5, 0.6) is 0 Å². The van der Waals surface area contributed by atoms with E-state index in [0.717, 1.165) is 35.2 Å². The van der Waals surface area contributed by atoms with Crippen molar-refractivity contribution < 1.29 is 0 Å². The van der Waals surface area contributed by atoms with Crippen molar-refractivity contribution in [2.75, 3.05) is 0 Å². The molecule has 1 aliphatic rings. The number of aromatic nitrogens is 2. The molecule has 26 heavy (non-hydrogen) atoms. The molecule has 0 saturated heterocycles. The number of hydrogen-bond acceptors (Lipinski definition) is 4. The highest BCUT2D eigenvalue weighted by molar-refractivity contribution is 7.18. The molecule has 2 aromatic heterocycles. The maximum absolute atomic E-state index is 12.7. The minimum absolute atomic E-state index is 0.158. The summed E-state index contributed by atoms with van der Waals surface area (Å²) in [4.78, 5) is 22.1. The predicted octanol–water partition coefficient (Wildman–Crippen LogP) is 4.83. The van der Waals surface area contributed by atoms with Crippen molar-refractivity contribution in [3.05, 3.63) is 61.5 Å². The molecule has 0 bridgehead atoms. The van der Waals surface area contributed by atoms with Gasteiger partial charge < -0.3 is 4.98 Å². The number of nitrogens with one attached hydrogen (secondary N) is 1. The third-order valence-corrected chi connectivity index (χ3v) is 6.12. The van der Waals surface area contributed by atoms with Crippen molar-refractivity contribution in [1.29, 1.82) is 5.26 Å². The summed E-state index contributed by atoms with van der Waals surface area (Å²) in [6.07, 6.45) is 4.72. The van der Waals surface area contributed by atoms with Crippen molar-refractivity contribution in [3.63, 3.8) is 0 Å². The van der Waals surface area contributed by atoms with E-state index < -0.39 is 0 Å². The zero-order valence-electron chi connectivity index (χ0n) is 14.2. The lowest BCUT2D eigenvalue weighted by Crippen LogP contribution is -2.14. The van der Waals surface area contributed by atoms with Crippen LogP contribution in [0.25, 0.3) is 21.9 Å². The van der Waals surface area contributed by atoms with Crippen LogP contribution in [0, 0.1) is 17.2 Å². The summed E-state index contributed by atoms with van der Waals surface area (Å²) in [5.74, 6) is 0.945. The van der Waals surface area contributed by atoms with E-state index in [1.165, 1.54) is 4.88 Å². The number of rotatable bonds is 2. The normalized spacial score (nSPS) is 17.1. The number of aromatic amines is 1.